The highest BCUT2D eigenvalue weighted by atomic mass is 32.1. The average Bonchev–Trinajstić information content (AvgIpc) is 2.97. The second kappa shape index (κ2) is 8.08. The Kier molecular flexibility index (Phi) is 6.05. The van der Waals surface area contributed by atoms with Crippen molar-refractivity contribution in [3.63, 3.8) is 0 Å². The van der Waals surface area contributed by atoms with Gasteiger partial charge in [0.1, 0.15) is 5.01 Å². The van der Waals surface area contributed by atoms with Gasteiger partial charge in [-0.05, 0) is 12.0 Å². The summed E-state index contributed by atoms with van der Waals surface area (Å²) < 4.78 is 0. The van der Waals surface area contributed by atoms with E-state index in [-0.39, 0.29) is 0 Å². The summed E-state index contributed by atoms with van der Waals surface area (Å²) in [5.41, 5.74) is 1.38. The maximum atomic E-state index is 4.33. The minimum absolute atomic E-state index is 0.441. The van der Waals surface area contributed by atoms with E-state index >= 15 is 0 Å². The van der Waals surface area contributed by atoms with Gasteiger partial charge in [-0.1, -0.05) is 56.5 Å². The van der Waals surface area contributed by atoms with Crippen LogP contribution in [-0.2, 0) is 6.54 Å². The van der Waals surface area contributed by atoms with Gasteiger partial charge in [-0.15, -0.1) is 11.3 Å². The lowest BCUT2D eigenvalue weighted by Gasteiger charge is -2.18. The molecule has 0 aliphatic heterocycles. The molecule has 1 N–H and O–H groups in total. The van der Waals surface area contributed by atoms with Crippen molar-refractivity contribution >= 4 is 11.3 Å². The van der Waals surface area contributed by atoms with E-state index in [0.717, 1.165) is 11.6 Å². The number of nitrogens with one attached hydrogen (secondary N) is 1. The van der Waals surface area contributed by atoms with Crippen LogP contribution in [0.4, 0.5) is 0 Å². The van der Waals surface area contributed by atoms with Gasteiger partial charge in [-0.2, -0.15) is 0 Å². The molecular weight excluding hydrogens is 252 g/mol. The highest BCUT2D eigenvalue weighted by Crippen LogP contribution is 2.20. The highest BCUT2D eigenvalue weighted by molar-refractivity contribution is 7.09. The molecule has 102 valence electrons. The normalized spacial score (nSPS) is 12.5. The summed E-state index contributed by atoms with van der Waals surface area (Å²) in [4.78, 5) is 4.33. The number of aromatic nitrogens is 1. The molecule has 0 bridgehead atoms. The van der Waals surface area contributed by atoms with E-state index in [9.17, 15) is 0 Å². The molecule has 0 radical (unpaired) electrons. The molecule has 3 heteroatoms. The van der Waals surface area contributed by atoms with Crippen molar-refractivity contribution in [3.05, 3.63) is 52.5 Å². The van der Waals surface area contributed by atoms with E-state index in [0.29, 0.717) is 6.04 Å². The summed E-state index contributed by atoms with van der Waals surface area (Å²) in [5.74, 6) is 0. The molecule has 2 nitrogen and oxygen atoms in total. The van der Waals surface area contributed by atoms with Crippen LogP contribution in [0.2, 0.25) is 0 Å². The van der Waals surface area contributed by atoms with Gasteiger partial charge in [-0.25, -0.2) is 4.98 Å². The van der Waals surface area contributed by atoms with Crippen LogP contribution in [0.5, 0.6) is 0 Å². The van der Waals surface area contributed by atoms with E-state index < -0.39 is 0 Å². The third-order valence-electron chi connectivity index (χ3n) is 3.28. The summed E-state index contributed by atoms with van der Waals surface area (Å²) in [7, 11) is 0. The smallest absolute Gasteiger partial charge is 0.106 e. The van der Waals surface area contributed by atoms with E-state index in [1.807, 2.05) is 11.6 Å². The standard InChI is InChI=1S/C16H22N2S/c1-2-3-5-10-15(14-8-6-4-7-9-14)18-13-16-17-11-12-19-16/h4,6-9,11-12,15,18H,2-3,5,10,13H2,1H3. The Balaban J connectivity index is 1.93. The van der Waals surface area contributed by atoms with Crippen molar-refractivity contribution in [2.75, 3.05) is 0 Å². The van der Waals surface area contributed by atoms with E-state index in [4.69, 9.17) is 0 Å². The summed E-state index contributed by atoms with van der Waals surface area (Å²) in [5, 5.41) is 6.84. The topological polar surface area (TPSA) is 24.9 Å². The molecule has 0 spiro atoms. The summed E-state index contributed by atoms with van der Waals surface area (Å²) in [6.45, 7) is 3.11. The first-order valence-electron chi connectivity index (χ1n) is 7.07. The third kappa shape index (κ3) is 4.77. The molecule has 0 fully saturated rings. The number of benzene rings is 1. The summed E-state index contributed by atoms with van der Waals surface area (Å²) in [6, 6.07) is 11.2. The minimum atomic E-state index is 0.441. The molecule has 2 rings (SSSR count). The maximum absolute atomic E-state index is 4.33. The van der Waals surface area contributed by atoms with Crippen LogP contribution in [0.25, 0.3) is 0 Å². The Labute approximate surface area is 119 Å². The first-order valence-corrected chi connectivity index (χ1v) is 7.95. The molecule has 0 saturated carbocycles. The SMILES string of the molecule is CCCCCC(NCc1nccs1)c1ccccc1. The number of rotatable bonds is 8. The van der Waals surface area contributed by atoms with Crippen LogP contribution in [0.15, 0.2) is 41.9 Å². The molecule has 19 heavy (non-hydrogen) atoms. The zero-order valence-corrected chi connectivity index (χ0v) is 12.3. The van der Waals surface area contributed by atoms with Gasteiger partial charge in [0.15, 0.2) is 0 Å². The lowest BCUT2D eigenvalue weighted by atomic mass is 10.0. The first-order chi connectivity index (χ1) is 9.40. The Bertz CT molecular complexity index is 439. The number of unbranched alkanes of at least 4 members (excludes halogenated alkanes) is 2. The molecular formula is C16H22N2S. The maximum Gasteiger partial charge on any atom is 0.106 e. The second-order valence-electron chi connectivity index (χ2n) is 4.77. The molecule has 0 aliphatic rings. The van der Waals surface area contributed by atoms with Crippen molar-refractivity contribution in [1.82, 2.24) is 10.3 Å². The van der Waals surface area contributed by atoms with Crippen molar-refractivity contribution < 1.29 is 0 Å². The Morgan fingerprint density at radius 2 is 2.05 bits per heavy atom. The molecule has 1 unspecified atom stereocenters. The number of thiazole rings is 1. The van der Waals surface area contributed by atoms with Gasteiger partial charge in [0.2, 0.25) is 0 Å². The fourth-order valence-electron chi connectivity index (χ4n) is 2.22. The van der Waals surface area contributed by atoms with Gasteiger partial charge < -0.3 is 5.32 Å². The Hall–Kier alpha value is -1.19. The largest absolute Gasteiger partial charge is 0.304 e. The van der Waals surface area contributed by atoms with Gasteiger partial charge in [-0.3, -0.25) is 0 Å². The lowest BCUT2D eigenvalue weighted by Crippen LogP contribution is -2.20. The number of nitrogens with zero attached hydrogens (tertiary/aromatic N) is 1. The van der Waals surface area contributed by atoms with Crippen LogP contribution in [0, 0.1) is 0 Å². The van der Waals surface area contributed by atoms with Crippen LogP contribution in [-0.4, -0.2) is 4.98 Å². The Morgan fingerprint density at radius 1 is 1.21 bits per heavy atom. The molecule has 0 saturated heterocycles. The molecule has 1 aromatic heterocycles. The fourth-order valence-corrected chi connectivity index (χ4v) is 2.79. The highest BCUT2D eigenvalue weighted by Gasteiger charge is 2.10. The third-order valence-corrected chi connectivity index (χ3v) is 4.06. The van der Waals surface area contributed by atoms with Crippen LogP contribution < -0.4 is 5.32 Å². The van der Waals surface area contributed by atoms with Crippen LogP contribution in [0.1, 0.15) is 49.2 Å². The van der Waals surface area contributed by atoms with Crippen LogP contribution >= 0.6 is 11.3 Å². The van der Waals surface area contributed by atoms with Crippen molar-refractivity contribution in [3.8, 4) is 0 Å². The van der Waals surface area contributed by atoms with E-state index in [1.54, 1.807) is 11.3 Å². The predicted octanol–water partition coefficient (Wildman–Crippen LogP) is 4.55. The average molecular weight is 274 g/mol. The molecule has 1 aromatic carbocycles. The summed E-state index contributed by atoms with van der Waals surface area (Å²) in [6.07, 6.45) is 6.93. The van der Waals surface area contributed by atoms with Crippen LogP contribution in [0.3, 0.4) is 0 Å². The van der Waals surface area contributed by atoms with E-state index in [2.05, 4.69) is 47.6 Å². The monoisotopic (exact) mass is 274 g/mol. The molecule has 0 aliphatic carbocycles. The number of hydrogen-bond acceptors (Lipinski definition) is 3. The molecule has 0 amide bonds. The Morgan fingerprint density at radius 3 is 2.74 bits per heavy atom. The second-order valence-corrected chi connectivity index (χ2v) is 5.74. The van der Waals surface area contributed by atoms with Crippen molar-refractivity contribution in [2.24, 2.45) is 0 Å². The fraction of sp³-hybridized carbons (Fsp3) is 0.438. The van der Waals surface area contributed by atoms with E-state index in [1.165, 1.54) is 31.2 Å². The van der Waals surface area contributed by atoms with Gasteiger partial charge >= 0.3 is 0 Å². The molecule has 1 atom stereocenters. The predicted molar refractivity (Wildman–Crippen MR) is 82.3 cm³/mol. The summed E-state index contributed by atoms with van der Waals surface area (Å²) >= 11 is 1.71. The molecule has 2 aromatic rings. The van der Waals surface area contributed by atoms with Gasteiger partial charge in [0.25, 0.3) is 0 Å². The first kappa shape index (κ1) is 14.2. The lowest BCUT2D eigenvalue weighted by molar-refractivity contribution is 0.473. The molecule has 1 heterocycles. The zero-order valence-electron chi connectivity index (χ0n) is 11.5. The van der Waals surface area contributed by atoms with Crippen molar-refractivity contribution in [1.29, 1.82) is 0 Å². The zero-order chi connectivity index (χ0) is 13.3. The van der Waals surface area contributed by atoms with Gasteiger partial charge in [0, 0.05) is 24.2 Å². The number of hydrogen-bond donors (Lipinski definition) is 1. The quantitative estimate of drug-likeness (QED) is 0.714. The van der Waals surface area contributed by atoms with Gasteiger partial charge in [0.05, 0.1) is 0 Å². The minimum Gasteiger partial charge on any atom is -0.304 e. The van der Waals surface area contributed by atoms with Crippen molar-refractivity contribution in [2.45, 2.75) is 45.2 Å².